The lowest BCUT2D eigenvalue weighted by molar-refractivity contribution is 0.511. The molecule has 1 aromatic carbocycles. The van der Waals surface area contributed by atoms with Crippen LogP contribution in [0.4, 0.5) is 0 Å². The molecular weight excluding hydrogens is 214 g/mol. The molecule has 2 aromatic rings. The van der Waals surface area contributed by atoms with Crippen molar-refractivity contribution in [2.24, 2.45) is 0 Å². The molecule has 5 nitrogen and oxygen atoms in total. The van der Waals surface area contributed by atoms with Crippen molar-refractivity contribution in [3.8, 4) is 0 Å². The normalized spacial score (nSPS) is 12.6. The van der Waals surface area contributed by atoms with Gasteiger partial charge in [0.25, 0.3) is 0 Å². The second-order valence-corrected chi connectivity index (χ2v) is 4.10. The Labute approximate surface area is 101 Å². The van der Waals surface area contributed by atoms with E-state index in [1.807, 2.05) is 23.9 Å². The fourth-order valence-electron chi connectivity index (χ4n) is 1.97. The molecular formula is C12H17N5. The maximum absolute atomic E-state index is 4.07. The van der Waals surface area contributed by atoms with Gasteiger partial charge in [0, 0.05) is 0 Å². The Bertz CT molecular complexity index is 491. The van der Waals surface area contributed by atoms with Gasteiger partial charge < -0.3 is 5.32 Å². The summed E-state index contributed by atoms with van der Waals surface area (Å²) in [6, 6.07) is 8.45. The zero-order valence-electron chi connectivity index (χ0n) is 10.4. The van der Waals surface area contributed by atoms with E-state index in [0.29, 0.717) is 6.54 Å². The molecule has 1 atom stereocenters. The summed E-state index contributed by atoms with van der Waals surface area (Å²) in [5.74, 6) is 0.850. The number of nitrogens with zero attached hydrogens (tertiary/aromatic N) is 4. The van der Waals surface area contributed by atoms with Crippen molar-refractivity contribution < 1.29 is 0 Å². The molecule has 0 aliphatic carbocycles. The Balaban J connectivity index is 2.34. The van der Waals surface area contributed by atoms with Crippen molar-refractivity contribution in [1.29, 1.82) is 0 Å². The molecule has 0 radical (unpaired) electrons. The standard InChI is InChI=1S/C12H17N5/c1-9-6-4-5-7-11(9)10(2)17-12(8-13-3)14-15-16-17/h4-7,10,13H,8H2,1-3H3. The average molecular weight is 231 g/mol. The highest BCUT2D eigenvalue weighted by molar-refractivity contribution is 5.28. The number of nitrogens with one attached hydrogen (secondary N) is 1. The molecule has 0 amide bonds. The van der Waals surface area contributed by atoms with Crippen molar-refractivity contribution in [2.45, 2.75) is 26.4 Å². The molecule has 0 spiro atoms. The maximum Gasteiger partial charge on any atom is 0.165 e. The van der Waals surface area contributed by atoms with Gasteiger partial charge in [0.05, 0.1) is 12.6 Å². The largest absolute Gasteiger partial charge is 0.313 e. The highest BCUT2D eigenvalue weighted by Crippen LogP contribution is 2.20. The number of hydrogen-bond acceptors (Lipinski definition) is 4. The number of rotatable bonds is 4. The highest BCUT2D eigenvalue weighted by Gasteiger charge is 2.15. The molecule has 1 aromatic heterocycles. The predicted molar refractivity (Wildman–Crippen MR) is 65.6 cm³/mol. The number of aryl methyl sites for hydroxylation is 1. The summed E-state index contributed by atoms with van der Waals surface area (Å²) in [5.41, 5.74) is 2.50. The minimum Gasteiger partial charge on any atom is -0.313 e. The summed E-state index contributed by atoms with van der Waals surface area (Å²) < 4.78 is 1.86. The molecule has 2 rings (SSSR count). The zero-order chi connectivity index (χ0) is 12.3. The SMILES string of the molecule is CNCc1nnnn1C(C)c1ccccc1C. The first-order valence-electron chi connectivity index (χ1n) is 5.71. The molecule has 90 valence electrons. The van der Waals surface area contributed by atoms with Gasteiger partial charge in [-0.15, -0.1) is 5.10 Å². The van der Waals surface area contributed by atoms with Crippen LogP contribution in [-0.4, -0.2) is 27.3 Å². The van der Waals surface area contributed by atoms with E-state index in [1.54, 1.807) is 0 Å². The molecule has 0 saturated heterocycles. The van der Waals surface area contributed by atoms with Gasteiger partial charge in [-0.25, -0.2) is 4.68 Å². The van der Waals surface area contributed by atoms with E-state index in [9.17, 15) is 0 Å². The molecule has 17 heavy (non-hydrogen) atoms. The first-order chi connectivity index (χ1) is 8.24. The van der Waals surface area contributed by atoms with E-state index in [4.69, 9.17) is 0 Å². The highest BCUT2D eigenvalue weighted by atomic mass is 15.6. The van der Waals surface area contributed by atoms with Gasteiger partial charge in [-0.3, -0.25) is 0 Å². The predicted octanol–water partition coefficient (Wildman–Crippen LogP) is 1.31. The van der Waals surface area contributed by atoms with Crippen molar-refractivity contribution in [3.63, 3.8) is 0 Å². The van der Waals surface area contributed by atoms with Crippen LogP contribution in [0.2, 0.25) is 0 Å². The number of tetrazole rings is 1. The summed E-state index contributed by atoms with van der Waals surface area (Å²) in [4.78, 5) is 0. The van der Waals surface area contributed by atoms with Crippen LogP contribution in [0.3, 0.4) is 0 Å². The van der Waals surface area contributed by atoms with Crippen molar-refractivity contribution in [1.82, 2.24) is 25.5 Å². The lowest BCUT2D eigenvalue weighted by Crippen LogP contribution is -2.17. The van der Waals surface area contributed by atoms with Gasteiger partial charge in [0.1, 0.15) is 0 Å². The van der Waals surface area contributed by atoms with E-state index < -0.39 is 0 Å². The monoisotopic (exact) mass is 231 g/mol. The lowest BCUT2D eigenvalue weighted by atomic mass is 10.0. The summed E-state index contributed by atoms with van der Waals surface area (Å²) >= 11 is 0. The van der Waals surface area contributed by atoms with E-state index in [1.165, 1.54) is 11.1 Å². The molecule has 0 bridgehead atoms. The molecule has 0 aliphatic rings. The lowest BCUT2D eigenvalue weighted by Gasteiger charge is -2.15. The fourth-order valence-corrected chi connectivity index (χ4v) is 1.97. The maximum atomic E-state index is 4.07. The Morgan fingerprint density at radius 3 is 2.82 bits per heavy atom. The third-order valence-corrected chi connectivity index (χ3v) is 2.90. The summed E-state index contributed by atoms with van der Waals surface area (Å²) in [6.45, 7) is 4.88. The molecule has 1 heterocycles. The first kappa shape index (κ1) is 11.7. The minimum absolute atomic E-state index is 0.148. The zero-order valence-corrected chi connectivity index (χ0v) is 10.4. The second kappa shape index (κ2) is 5.05. The van der Waals surface area contributed by atoms with Gasteiger partial charge in [-0.2, -0.15) is 0 Å². The van der Waals surface area contributed by atoms with Crippen LogP contribution in [-0.2, 0) is 6.54 Å². The molecule has 0 aliphatic heterocycles. The fraction of sp³-hybridized carbons (Fsp3) is 0.417. The molecule has 1 N–H and O–H groups in total. The first-order valence-corrected chi connectivity index (χ1v) is 5.71. The number of hydrogen-bond donors (Lipinski definition) is 1. The quantitative estimate of drug-likeness (QED) is 0.862. The van der Waals surface area contributed by atoms with Gasteiger partial charge >= 0.3 is 0 Å². The Morgan fingerprint density at radius 1 is 1.35 bits per heavy atom. The Kier molecular flexibility index (Phi) is 3.49. The smallest absolute Gasteiger partial charge is 0.165 e. The van der Waals surface area contributed by atoms with Crippen LogP contribution >= 0.6 is 0 Å². The summed E-state index contributed by atoms with van der Waals surface area (Å²) in [7, 11) is 1.89. The summed E-state index contributed by atoms with van der Waals surface area (Å²) in [5, 5.41) is 14.9. The number of aromatic nitrogens is 4. The third kappa shape index (κ3) is 2.34. The van der Waals surface area contributed by atoms with Crippen LogP contribution in [0, 0.1) is 6.92 Å². The minimum atomic E-state index is 0.148. The second-order valence-electron chi connectivity index (χ2n) is 4.10. The van der Waals surface area contributed by atoms with Gasteiger partial charge in [0.2, 0.25) is 0 Å². The van der Waals surface area contributed by atoms with Gasteiger partial charge in [-0.05, 0) is 42.4 Å². The number of benzene rings is 1. The van der Waals surface area contributed by atoms with Gasteiger partial charge in [0.15, 0.2) is 5.82 Å². The average Bonchev–Trinajstić information content (AvgIpc) is 2.78. The summed E-state index contributed by atoms with van der Waals surface area (Å²) in [6.07, 6.45) is 0. The Morgan fingerprint density at radius 2 is 2.12 bits per heavy atom. The Hall–Kier alpha value is -1.75. The molecule has 5 heteroatoms. The van der Waals surface area contributed by atoms with Crippen molar-refractivity contribution in [2.75, 3.05) is 7.05 Å². The van der Waals surface area contributed by atoms with Crippen molar-refractivity contribution in [3.05, 3.63) is 41.2 Å². The van der Waals surface area contributed by atoms with E-state index >= 15 is 0 Å². The van der Waals surface area contributed by atoms with Crippen LogP contribution in [0.1, 0.15) is 29.9 Å². The topological polar surface area (TPSA) is 55.6 Å². The third-order valence-electron chi connectivity index (χ3n) is 2.90. The molecule has 1 unspecified atom stereocenters. The van der Waals surface area contributed by atoms with E-state index in [0.717, 1.165) is 5.82 Å². The molecule has 0 fully saturated rings. The van der Waals surface area contributed by atoms with Crippen molar-refractivity contribution >= 4 is 0 Å². The van der Waals surface area contributed by atoms with Gasteiger partial charge in [-0.1, -0.05) is 24.3 Å². The van der Waals surface area contributed by atoms with Crippen LogP contribution < -0.4 is 5.32 Å². The van der Waals surface area contributed by atoms with E-state index in [-0.39, 0.29) is 6.04 Å². The van der Waals surface area contributed by atoms with Crippen LogP contribution in [0.5, 0.6) is 0 Å². The molecule has 0 saturated carbocycles. The van der Waals surface area contributed by atoms with Crippen LogP contribution in [0.15, 0.2) is 24.3 Å². The van der Waals surface area contributed by atoms with Crippen LogP contribution in [0.25, 0.3) is 0 Å². The van der Waals surface area contributed by atoms with E-state index in [2.05, 4.69) is 46.8 Å².